The molecule has 0 heterocycles. The van der Waals surface area contributed by atoms with E-state index in [4.69, 9.17) is 9.84 Å². The van der Waals surface area contributed by atoms with Crippen LogP contribution in [-0.4, -0.2) is 23.2 Å². The number of carboxylic acids is 1. The van der Waals surface area contributed by atoms with E-state index in [1.54, 1.807) is 6.92 Å². The van der Waals surface area contributed by atoms with Gasteiger partial charge in [-0.15, -0.1) is 0 Å². The number of hydrogen-bond donors (Lipinski definition) is 2. The molecule has 0 aromatic heterocycles. The van der Waals surface area contributed by atoms with Gasteiger partial charge in [-0.2, -0.15) is 0 Å². The summed E-state index contributed by atoms with van der Waals surface area (Å²) >= 11 is 0. The van der Waals surface area contributed by atoms with Crippen LogP contribution < -0.4 is 5.32 Å². The van der Waals surface area contributed by atoms with Crippen LogP contribution in [0.15, 0.2) is 30.3 Å². The van der Waals surface area contributed by atoms with Gasteiger partial charge in [-0.3, -0.25) is 4.79 Å². The van der Waals surface area contributed by atoms with Crippen LogP contribution in [0, 0.1) is 5.92 Å². The molecule has 0 saturated carbocycles. The molecule has 0 radical (unpaired) electrons. The first-order valence-electron chi connectivity index (χ1n) is 5.70. The fourth-order valence-corrected chi connectivity index (χ4v) is 1.29. The highest BCUT2D eigenvalue weighted by Crippen LogP contribution is 2.04. The fraction of sp³-hybridized carbons (Fsp3) is 0.385. The van der Waals surface area contributed by atoms with Gasteiger partial charge >= 0.3 is 12.1 Å². The number of ether oxygens (including phenoxy) is 1. The van der Waals surface area contributed by atoms with Gasteiger partial charge in [0.05, 0.1) is 5.92 Å². The van der Waals surface area contributed by atoms with Crippen LogP contribution in [0.5, 0.6) is 0 Å². The lowest BCUT2D eigenvalue weighted by Gasteiger charge is -2.17. The zero-order valence-corrected chi connectivity index (χ0v) is 10.4. The monoisotopic (exact) mass is 251 g/mol. The molecule has 2 N–H and O–H groups in total. The maximum atomic E-state index is 11.4. The molecule has 0 saturated heterocycles. The third-order valence-corrected chi connectivity index (χ3v) is 2.70. The van der Waals surface area contributed by atoms with Crippen molar-refractivity contribution in [1.82, 2.24) is 5.32 Å². The number of carboxylic acid groups (broad SMARTS) is 1. The highest BCUT2D eigenvalue weighted by molar-refractivity contribution is 5.73. The van der Waals surface area contributed by atoms with Crippen LogP contribution in [0.3, 0.4) is 0 Å². The Labute approximate surface area is 106 Å². The van der Waals surface area contributed by atoms with Crippen LogP contribution in [-0.2, 0) is 16.1 Å². The number of benzene rings is 1. The zero-order valence-electron chi connectivity index (χ0n) is 10.4. The van der Waals surface area contributed by atoms with E-state index in [1.165, 1.54) is 6.92 Å². The molecule has 0 aliphatic rings. The van der Waals surface area contributed by atoms with Crippen LogP contribution in [0.25, 0.3) is 0 Å². The molecule has 1 amide bonds. The molecule has 1 aromatic carbocycles. The average molecular weight is 251 g/mol. The first-order chi connectivity index (χ1) is 8.50. The second kappa shape index (κ2) is 6.64. The Bertz CT molecular complexity index is 405. The number of carbonyl (C=O) groups excluding carboxylic acids is 1. The molecular formula is C13H17NO4. The quantitative estimate of drug-likeness (QED) is 0.839. The van der Waals surface area contributed by atoms with Gasteiger partial charge in [-0.25, -0.2) is 4.79 Å². The minimum absolute atomic E-state index is 0.168. The smallest absolute Gasteiger partial charge is 0.407 e. The summed E-state index contributed by atoms with van der Waals surface area (Å²) in [5.74, 6) is -1.61. The first kappa shape index (κ1) is 14.0. The van der Waals surface area contributed by atoms with Crippen molar-refractivity contribution in [1.29, 1.82) is 0 Å². The summed E-state index contributed by atoms with van der Waals surface area (Å²) in [6.45, 7) is 3.33. The number of nitrogens with one attached hydrogen (secondary N) is 1. The van der Waals surface area contributed by atoms with Gasteiger partial charge in [0.15, 0.2) is 0 Å². The number of hydrogen-bond acceptors (Lipinski definition) is 3. The molecule has 18 heavy (non-hydrogen) atoms. The largest absolute Gasteiger partial charge is 0.481 e. The zero-order chi connectivity index (χ0) is 13.5. The van der Waals surface area contributed by atoms with Crippen molar-refractivity contribution in [3.63, 3.8) is 0 Å². The molecule has 5 nitrogen and oxygen atoms in total. The lowest BCUT2D eigenvalue weighted by atomic mass is 10.1. The van der Waals surface area contributed by atoms with E-state index in [-0.39, 0.29) is 6.61 Å². The first-order valence-corrected chi connectivity index (χ1v) is 5.70. The Morgan fingerprint density at radius 1 is 1.28 bits per heavy atom. The number of alkyl carbamates (subject to hydrolysis) is 1. The molecule has 0 aliphatic carbocycles. The standard InChI is InChI=1S/C13H17NO4/c1-9(12(15)16)10(2)14-13(17)18-8-11-6-4-3-5-7-11/h3-7,9-10H,8H2,1-2H3,(H,14,17)(H,15,16)/t9?,10-/m1/s1. The maximum Gasteiger partial charge on any atom is 0.407 e. The molecule has 1 rings (SSSR count). The summed E-state index contributed by atoms with van der Waals surface area (Å²) in [4.78, 5) is 22.1. The number of carbonyl (C=O) groups is 2. The normalized spacial score (nSPS) is 13.4. The van der Waals surface area contributed by atoms with Crippen LogP contribution >= 0.6 is 0 Å². The maximum absolute atomic E-state index is 11.4. The van der Waals surface area contributed by atoms with Crippen molar-refractivity contribution in [2.24, 2.45) is 5.92 Å². The van der Waals surface area contributed by atoms with Crippen LogP contribution in [0.2, 0.25) is 0 Å². The molecule has 5 heteroatoms. The van der Waals surface area contributed by atoms with E-state index >= 15 is 0 Å². The average Bonchev–Trinajstić information content (AvgIpc) is 2.36. The third-order valence-electron chi connectivity index (χ3n) is 2.70. The van der Waals surface area contributed by atoms with Crippen LogP contribution in [0.4, 0.5) is 4.79 Å². The molecular weight excluding hydrogens is 234 g/mol. The Morgan fingerprint density at radius 2 is 1.89 bits per heavy atom. The number of amides is 1. The van der Waals surface area contributed by atoms with Crippen molar-refractivity contribution in [3.05, 3.63) is 35.9 Å². The summed E-state index contributed by atoms with van der Waals surface area (Å²) in [6.07, 6.45) is -0.612. The minimum atomic E-state index is -0.953. The van der Waals surface area contributed by atoms with Crippen LogP contribution in [0.1, 0.15) is 19.4 Å². The number of aliphatic carboxylic acids is 1. The highest BCUT2D eigenvalue weighted by atomic mass is 16.5. The van der Waals surface area contributed by atoms with Crippen molar-refractivity contribution in [3.8, 4) is 0 Å². The van der Waals surface area contributed by atoms with E-state index in [0.717, 1.165) is 5.56 Å². The van der Waals surface area contributed by atoms with Crippen molar-refractivity contribution >= 4 is 12.1 Å². The predicted molar refractivity (Wildman–Crippen MR) is 66.0 cm³/mol. The lowest BCUT2D eigenvalue weighted by Crippen LogP contribution is -2.40. The van der Waals surface area contributed by atoms with E-state index in [2.05, 4.69) is 5.32 Å². The topological polar surface area (TPSA) is 75.6 Å². The summed E-state index contributed by atoms with van der Waals surface area (Å²) in [5.41, 5.74) is 0.881. The van der Waals surface area contributed by atoms with E-state index < -0.39 is 24.0 Å². The number of rotatable bonds is 5. The molecule has 0 aliphatic heterocycles. The summed E-state index contributed by atoms with van der Waals surface area (Å²) in [6, 6.07) is 8.79. The molecule has 2 atom stereocenters. The third kappa shape index (κ3) is 4.45. The van der Waals surface area contributed by atoms with Gasteiger partial charge in [-0.05, 0) is 19.4 Å². The molecule has 0 spiro atoms. The van der Waals surface area contributed by atoms with Gasteiger partial charge < -0.3 is 15.2 Å². The minimum Gasteiger partial charge on any atom is -0.481 e. The Balaban J connectivity index is 2.36. The molecule has 1 unspecified atom stereocenters. The van der Waals surface area contributed by atoms with Gasteiger partial charge in [0, 0.05) is 6.04 Å². The second-order valence-corrected chi connectivity index (χ2v) is 4.12. The Morgan fingerprint density at radius 3 is 2.44 bits per heavy atom. The van der Waals surface area contributed by atoms with Crippen molar-refractivity contribution < 1.29 is 19.4 Å². The Hall–Kier alpha value is -2.04. The fourth-order valence-electron chi connectivity index (χ4n) is 1.29. The van der Waals surface area contributed by atoms with E-state index in [1.807, 2.05) is 30.3 Å². The molecule has 98 valence electrons. The predicted octanol–water partition coefficient (Wildman–Crippen LogP) is 2.02. The second-order valence-electron chi connectivity index (χ2n) is 4.12. The molecule has 1 aromatic rings. The van der Waals surface area contributed by atoms with Crippen molar-refractivity contribution in [2.75, 3.05) is 0 Å². The molecule has 0 fully saturated rings. The van der Waals surface area contributed by atoms with Crippen molar-refractivity contribution in [2.45, 2.75) is 26.5 Å². The highest BCUT2D eigenvalue weighted by Gasteiger charge is 2.21. The van der Waals surface area contributed by atoms with Gasteiger partial charge in [0.25, 0.3) is 0 Å². The summed E-state index contributed by atoms with van der Waals surface area (Å²) < 4.78 is 4.99. The SMILES string of the molecule is CC(C(=O)O)[C@@H](C)NC(=O)OCc1ccccc1. The van der Waals surface area contributed by atoms with Gasteiger partial charge in [0.1, 0.15) is 6.61 Å². The Kier molecular flexibility index (Phi) is 5.17. The summed E-state index contributed by atoms with van der Waals surface area (Å²) in [5, 5.41) is 11.3. The van der Waals surface area contributed by atoms with Gasteiger partial charge in [-0.1, -0.05) is 30.3 Å². The van der Waals surface area contributed by atoms with E-state index in [0.29, 0.717) is 0 Å². The van der Waals surface area contributed by atoms with E-state index in [9.17, 15) is 9.59 Å². The molecule has 0 bridgehead atoms. The lowest BCUT2D eigenvalue weighted by molar-refractivity contribution is -0.141. The summed E-state index contributed by atoms with van der Waals surface area (Å²) in [7, 11) is 0. The van der Waals surface area contributed by atoms with Gasteiger partial charge in [0.2, 0.25) is 0 Å².